The van der Waals surface area contributed by atoms with Crippen LogP contribution in [0.4, 0.5) is 10.2 Å². The van der Waals surface area contributed by atoms with Crippen molar-refractivity contribution in [2.45, 2.75) is 11.8 Å². The lowest BCUT2D eigenvalue weighted by atomic mass is 10.5. The van der Waals surface area contributed by atoms with Crippen LogP contribution in [-0.4, -0.2) is 36.7 Å². The van der Waals surface area contributed by atoms with Gasteiger partial charge in [-0.1, -0.05) is 23.2 Å². The number of hydrogen-bond acceptors (Lipinski definition) is 6. The third-order valence-corrected chi connectivity index (χ3v) is 5.06. The van der Waals surface area contributed by atoms with Crippen LogP contribution in [0.3, 0.4) is 0 Å². The van der Waals surface area contributed by atoms with E-state index in [0.717, 1.165) is 4.31 Å². The Hall–Kier alpha value is -1.55. The highest BCUT2D eigenvalue weighted by atomic mass is 35.5. The van der Waals surface area contributed by atoms with E-state index in [9.17, 15) is 12.8 Å². The van der Waals surface area contributed by atoms with E-state index in [1.807, 2.05) is 0 Å². The molecule has 0 saturated carbocycles. The van der Waals surface area contributed by atoms with Gasteiger partial charge in [0.25, 0.3) is 10.0 Å². The van der Waals surface area contributed by atoms with Crippen LogP contribution in [0.2, 0.25) is 10.3 Å². The van der Waals surface area contributed by atoms with Gasteiger partial charge in [-0.05, 0) is 6.92 Å². The third-order valence-electron chi connectivity index (χ3n) is 2.66. The fourth-order valence-electron chi connectivity index (χ4n) is 1.59. The molecule has 0 bridgehead atoms. The predicted octanol–water partition coefficient (Wildman–Crippen LogP) is 2.51. The zero-order valence-electron chi connectivity index (χ0n) is 11.8. The number of anilines is 1. The molecule has 0 aliphatic heterocycles. The Morgan fingerprint density at radius 3 is 2.70 bits per heavy atom. The number of hydrogen-bond donors (Lipinski definition) is 0. The average Bonchev–Trinajstić information content (AvgIpc) is 2.52. The molecule has 0 unspecified atom stereocenters. The van der Waals surface area contributed by atoms with Crippen LogP contribution in [0.25, 0.3) is 0 Å². The summed E-state index contributed by atoms with van der Waals surface area (Å²) in [6.45, 7) is 1.62. The Morgan fingerprint density at radius 2 is 2.09 bits per heavy atom. The maximum atomic E-state index is 13.6. The molecule has 2 rings (SSSR count). The number of nitrogens with zero attached hydrogens (tertiary/aromatic N) is 4. The van der Waals surface area contributed by atoms with Crippen LogP contribution >= 0.6 is 23.2 Å². The fraction of sp³-hybridized carbons (Fsp3) is 0.250. The van der Waals surface area contributed by atoms with Crippen molar-refractivity contribution in [2.75, 3.05) is 17.6 Å². The minimum absolute atomic E-state index is 0.0416. The van der Waals surface area contributed by atoms with Crippen molar-refractivity contribution in [3.05, 3.63) is 40.8 Å². The molecule has 0 radical (unpaired) electrons. The summed E-state index contributed by atoms with van der Waals surface area (Å²) in [6, 6.07) is 2.07. The Labute approximate surface area is 142 Å². The molecular weight excluding hydrogens is 370 g/mol. The molecule has 2 heterocycles. The average molecular weight is 381 g/mol. The molecule has 0 atom stereocenters. The van der Waals surface area contributed by atoms with Crippen molar-refractivity contribution in [3.63, 3.8) is 0 Å². The van der Waals surface area contributed by atoms with Gasteiger partial charge in [0.15, 0.2) is 16.1 Å². The van der Waals surface area contributed by atoms with Gasteiger partial charge in [0, 0.05) is 24.9 Å². The zero-order valence-corrected chi connectivity index (χ0v) is 14.1. The highest BCUT2D eigenvalue weighted by Gasteiger charge is 2.30. The topological polar surface area (TPSA) is 85.3 Å². The standard InChI is InChI=1S/C12H11Cl2FN4O3S/c1-2-22-7-19(10-3-4-16-6-17-10)23(20,21)9-5-8(15)11(13)18-12(9)14/h3-6H,2,7H2,1H3. The minimum Gasteiger partial charge on any atom is -0.360 e. The summed E-state index contributed by atoms with van der Waals surface area (Å²) in [4.78, 5) is 10.5. The molecule has 2 aromatic rings. The normalized spacial score (nSPS) is 11.5. The molecule has 11 heteroatoms. The highest BCUT2D eigenvalue weighted by molar-refractivity contribution is 7.93. The van der Waals surface area contributed by atoms with E-state index < -0.39 is 31.0 Å². The van der Waals surface area contributed by atoms with Gasteiger partial charge < -0.3 is 4.74 Å². The van der Waals surface area contributed by atoms with Crippen LogP contribution in [0.5, 0.6) is 0 Å². The smallest absolute Gasteiger partial charge is 0.270 e. The van der Waals surface area contributed by atoms with Crippen LogP contribution in [-0.2, 0) is 14.8 Å². The molecule has 0 fully saturated rings. The van der Waals surface area contributed by atoms with Gasteiger partial charge in [0.05, 0.1) is 0 Å². The lowest BCUT2D eigenvalue weighted by Crippen LogP contribution is -2.34. The molecular formula is C12H11Cl2FN4O3S. The second-order valence-corrected chi connectivity index (χ2v) is 6.64. The summed E-state index contributed by atoms with van der Waals surface area (Å²) < 4.78 is 45.1. The maximum absolute atomic E-state index is 13.6. The summed E-state index contributed by atoms with van der Waals surface area (Å²) in [5.74, 6) is -0.964. The summed E-state index contributed by atoms with van der Waals surface area (Å²) in [7, 11) is -4.27. The molecule has 0 aliphatic rings. The van der Waals surface area contributed by atoms with Gasteiger partial charge in [-0.2, -0.15) is 0 Å². The Bertz CT molecular complexity index is 792. The van der Waals surface area contributed by atoms with Gasteiger partial charge in [-0.3, -0.25) is 0 Å². The van der Waals surface area contributed by atoms with Gasteiger partial charge in [-0.15, -0.1) is 0 Å². The van der Waals surface area contributed by atoms with Gasteiger partial charge in [-0.25, -0.2) is 32.1 Å². The first kappa shape index (κ1) is 17.8. The number of halogens is 3. The van der Waals surface area contributed by atoms with E-state index in [2.05, 4.69) is 15.0 Å². The van der Waals surface area contributed by atoms with Crippen LogP contribution in [0.15, 0.2) is 29.6 Å². The largest absolute Gasteiger partial charge is 0.360 e. The molecule has 0 saturated heterocycles. The molecule has 2 aromatic heterocycles. The van der Waals surface area contributed by atoms with E-state index in [4.69, 9.17) is 27.9 Å². The Morgan fingerprint density at radius 1 is 1.35 bits per heavy atom. The highest BCUT2D eigenvalue weighted by Crippen LogP contribution is 2.28. The first-order chi connectivity index (χ1) is 10.9. The monoisotopic (exact) mass is 380 g/mol. The minimum atomic E-state index is -4.27. The lowest BCUT2D eigenvalue weighted by Gasteiger charge is -2.23. The number of aromatic nitrogens is 3. The number of pyridine rings is 1. The van der Waals surface area contributed by atoms with Crippen molar-refractivity contribution in [1.29, 1.82) is 0 Å². The van der Waals surface area contributed by atoms with E-state index >= 15 is 0 Å². The summed E-state index contributed by atoms with van der Waals surface area (Å²) in [5.41, 5.74) is 0. The summed E-state index contributed by atoms with van der Waals surface area (Å²) in [5, 5.41) is -0.973. The second-order valence-electron chi connectivity index (χ2n) is 4.09. The molecule has 23 heavy (non-hydrogen) atoms. The number of rotatable bonds is 6. The molecule has 0 aliphatic carbocycles. The van der Waals surface area contributed by atoms with Crippen molar-refractivity contribution >= 4 is 39.0 Å². The van der Waals surface area contributed by atoms with E-state index in [-0.39, 0.29) is 19.2 Å². The number of ether oxygens (including phenoxy) is 1. The Balaban J connectivity index is 2.55. The van der Waals surface area contributed by atoms with Crippen LogP contribution in [0.1, 0.15) is 6.92 Å². The second kappa shape index (κ2) is 7.35. The third kappa shape index (κ3) is 3.86. The number of sulfonamides is 1. The van der Waals surface area contributed by atoms with Crippen LogP contribution < -0.4 is 4.31 Å². The van der Waals surface area contributed by atoms with E-state index in [1.54, 1.807) is 6.92 Å². The molecule has 0 aromatic carbocycles. The molecule has 0 N–H and O–H groups in total. The maximum Gasteiger partial charge on any atom is 0.270 e. The molecule has 124 valence electrons. The molecule has 7 nitrogen and oxygen atoms in total. The van der Waals surface area contributed by atoms with Gasteiger partial charge in [0.2, 0.25) is 0 Å². The van der Waals surface area contributed by atoms with Crippen LogP contribution in [0, 0.1) is 5.82 Å². The van der Waals surface area contributed by atoms with E-state index in [0.29, 0.717) is 6.07 Å². The lowest BCUT2D eigenvalue weighted by molar-refractivity contribution is 0.157. The summed E-state index contributed by atoms with van der Waals surface area (Å²) in [6.07, 6.45) is 2.53. The first-order valence-electron chi connectivity index (χ1n) is 6.26. The summed E-state index contributed by atoms with van der Waals surface area (Å²) >= 11 is 11.3. The molecule has 0 amide bonds. The van der Waals surface area contributed by atoms with Gasteiger partial charge >= 0.3 is 0 Å². The predicted molar refractivity (Wildman–Crippen MR) is 82.4 cm³/mol. The SMILES string of the molecule is CCOCN(c1ccncn1)S(=O)(=O)c1cc(F)c(Cl)nc1Cl. The van der Waals surface area contributed by atoms with E-state index in [1.165, 1.54) is 18.6 Å². The van der Waals surface area contributed by atoms with Crippen molar-refractivity contribution in [2.24, 2.45) is 0 Å². The molecule has 0 spiro atoms. The van der Waals surface area contributed by atoms with Crippen molar-refractivity contribution in [1.82, 2.24) is 15.0 Å². The fourth-order valence-corrected chi connectivity index (χ4v) is 3.52. The Kier molecular flexibility index (Phi) is 5.69. The first-order valence-corrected chi connectivity index (χ1v) is 8.45. The quantitative estimate of drug-likeness (QED) is 0.565. The van der Waals surface area contributed by atoms with Gasteiger partial charge in [0.1, 0.15) is 23.8 Å². The van der Waals surface area contributed by atoms with Crippen molar-refractivity contribution in [3.8, 4) is 0 Å². The van der Waals surface area contributed by atoms with Crippen molar-refractivity contribution < 1.29 is 17.5 Å². The zero-order chi connectivity index (χ0) is 17.0.